The molecule has 0 fully saturated rings. The number of carbonyl (C=O) groups excluding carboxylic acids is 1. The average Bonchev–Trinajstić information content (AvgIpc) is 2.14. The van der Waals surface area contributed by atoms with E-state index in [-0.39, 0.29) is 0 Å². The summed E-state index contributed by atoms with van der Waals surface area (Å²) in [5, 5.41) is 6.65. The fourth-order valence-electron chi connectivity index (χ4n) is 0.268. The van der Waals surface area contributed by atoms with Crippen molar-refractivity contribution in [3.05, 3.63) is 6.08 Å². The molecule has 1 heterocycles. The van der Waals surface area contributed by atoms with E-state index in [2.05, 4.69) is 16.1 Å². The van der Waals surface area contributed by atoms with Crippen LogP contribution in [0.3, 0.4) is 0 Å². The number of rotatable bonds is 1. The molecule has 0 radical (unpaired) electrons. The molecule has 34 valence electrons. The highest BCUT2D eigenvalue weighted by Gasteiger charge is 1.90. The Morgan fingerprint density at radius 2 is 2.71 bits per heavy atom. The van der Waals surface area contributed by atoms with E-state index in [1.165, 1.54) is 6.08 Å². The molecule has 0 bridgehead atoms. The fourth-order valence-corrected chi connectivity index (χ4v) is 0.268. The monoisotopic (exact) mass is 94.0 g/mol. The Hall–Kier alpha value is -1.21. The lowest BCUT2D eigenvalue weighted by atomic mass is 10.4. The molecule has 0 aliphatic carbocycles. The maximum Gasteiger partial charge on any atom is 0.171 e. The highest BCUT2D eigenvalue weighted by molar-refractivity contribution is 6.36. The molecule has 1 rings (SSSR count). The maximum atomic E-state index is 9.75. The van der Waals surface area contributed by atoms with Crippen molar-refractivity contribution in [3.8, 4) is 0 Å². The van der Waals surface area contributed by atoms with Crippen LogP contribution in [-0.4, -0.2) is 17.9 Å². The van der Waals surface area contributed by atoms with Crippen LogP contribution in [0.15, 0.2) is 16.3 Å². The first-order valence-corrected chi connectivity index (χ1v) is 1.75. The molecular formula is C4H2N2O. The van der Waals surface area contributed by atoms with Crippen molar-refractivity contribution in [2.45, 2.75) is 0 Å². The molecule has 0 unspecified atom stereocenters. The van der Waals surface area contributed by atoms with Crippen molar-refractivity contribution >= 4 is 17.9 Å². The molecule has 1 aliphatic heterocycles. The van der Waals surface area contributed by atoms with Gasteiger partial charge in [0.05, 0.1) is 0 Å². The fraction of sp³-hybridized carbons (Fsp3) is 0. The first-order chi connectivity index (χ1) is 3.43. The second kappa shape index (κ2) is 1.49. The minimum Gasteiger partial charge on any atom is -0.296 e. The molecule has 0 aromatic carbocycles. The van der Waals surface area contributed by atoms with Crippen LogP contribution in [0.5, 0.6) is 0 Å². The molecule has 0 amide bonds. The zero-order chi connectivity index (χ0) is 5.11. The van der Waals surface area contributed by atoms with Crippen molar-refractivity contribution in [2.75, 3.05) is 0 Å². The van der Waals surface area contributed by atoms with Crippen molar-refractivity contribution in [1.82, 2.24) is 0 Å². The van der Waals surface area contributed by atoms with E-state index in [0.717, 1.165) is 0 Å². The molecule has 3 nitrogen and oxygen atoms in total. The van der Waals surface area contributed by atoms with Gasteiger partial charge in [0.25, 0.3) is 0 Å². The van der Waals surface area contributed by atoms with Gasteiger partial charge >= 0.3 is 0 Å². The third kappa shape index (κ3) is 0.614. The Morgan fingerprint density at radius 3 is 3.00 bits per heavy atom. The molecule has 1 aliphatic rings. The molecule has 0 spiro atoms. The Labute approximate surface area is 40.1 Å². The lowest BCUT2D eigenvalue weighted by Crippen LogP contribution is -1.88. The zero-order valence-corrected chi connectivity index (χ0v) is 3.46. The predicted octanol–water partition coefficient (Wildman–Crippen LogP) is -0.219. The van der Waals surface area contributed by atoms with E-state index < -0.39 is 0 Å². The largest absolute Gasteiger partial charge is 0.296 e. The van der Waals surface area contributed by atoms with Crippen LogP contribution < -0.4 is 0 Å². The standard InChI is InChI=1S/C4H2N2O/c7-3-4-1-2-5-6-4/h1,3H. The number of hydrogen-bond donors (Lipinski definition) is 0. The first kappa shape index (κ1) is 3.96. The number of hydrogen-bond acceptors (Lipinski definition) is 3. The van der Waals surface area contributed by atoms with Gasteiger partial charge in [0.15, 0.2) is 6.29 Å². The molecule has 0 atom stereocenters. The molecule has 0 N–H and O–H groups in total. The maximum absolute atomic E-state index is 9.75. The number of nitrogens with zero attached hydrogens (tertiary/aromatic N) is 2. The van der Waals surface area contributed by atoms with Gasteiger partial charge in [-0.1, -0.05) is 0 Å². The Bertz CT molecular complexity index is 174. The van der Waals surface area contributed by atoms with Crippen LogP contribution >= 0.6 is 0 Å². The topological polar surface area (TPSA) is 41.8 Å². The van der Waals surface area contributed by atoms with Gasteiger partial charge in [0.1, 0.15) is 5.71 Å². The van der Waals surface area contributed by atoms with Gasteiger partial charge in [-0.25, -0.2) is 0 Å². The zero-order valence-electron chi connectivity index (χ0n) is 3.46. The van der Waals surface area contributed by atoms with Crippen molar-refractivity contribution in [1.29, 1.82) is 0 Å². The summed E-state index contributed by atoms with van der Waals surface area (Å²) in [6.07, 6.45) is 2.05. The molecule has 3 heteroatoms. The predicted molar refractivity (Wildman–Crippen MR) is 25.5 cm³/mol. The van der Waals surface area contributed by atoms with Gasteiger partial charge in [-0.2, -0.15) is 0 Å². The summed E-state index contributed by atoms with van der Waals surface area (Å²) in [6.45, 7) is 0. The first-order valence-electron chi connectivity index (χ1n) is 1.75. The summed E-state index contributed by atoms with van der Waals surface area (Å²) in [4.78, 5) is 9.75. The summed E-state index contributed by atoms with van der Waals surface area (Å²) in [6, 6.07) is 0. The number of allylic oxidation sites excluding steroid dienone is 1. The van der Waals surface area contributed by atoms with Gasteiger partial charge in [-0.15, -0.1) is 10.2 Å². The average molecular weight is 94.1 g/mol. The highest BCUT2D eigenvalue weighted by atomic mass is 16.1. The van der Waals surface area contributed by atoms with E-state index in [1.807, 2.05) is 0 Å². The van der Waals surface area contributed by atoms with Crippen LogP contribution in [0.2, 0.25) is 0 Å². The smallest absolute Gasteiger partial charge is 0.171 e. The molecule has 0 aromatic heterocycles. The summed E-state index contributed by atoms with van der Waals surface area (Å²) in [7, 11) is 0. The van der Waals surface area contributed by atoms with Crippen LogP contribution in [0, 0.1) is 0 Å². The summed E-state index contributed by atoms with van der Waals surface area (Å²) >= 11 is 0. The highest BCUT2D eigenvalue weighted by Crippen LogP contribution is 1.81. The van der Waals surface area contributed by atoms with Crippen molar-refractivity contribution in [2.24, 2.45) is 10.2 Å². The third-order valence-electron chi connectivity index (χ3n) is 0.556. The second-order valence-electron chi connectivity index (χ2n) is 1.02. The van der Waals surface area contributed by atoms with Gasteiger partial charge in [-0.3, -0.25) is 4.79 Å². The molecule has 0 saturated heterocycles. The quantitative estimate of drug-likeness (QED) is 0.414. The van der Waals surface area contributed by atoms with Crippen LogP contribution in [0.25, 0.3) is 0 Å². The minimum absolute atomic E-state index is 0.333. The van der Waals surface area contributed by atoms with E-state index in [4.69, 9.17) is 0 Å². The molecule has 0 aromatic rings. The van der Waals surface area contributed by atoms with Crippen LogP contribution in [0.1, 0.15) is 0 Å². The Morgan fingerprint density at radius 1 is 1.86 bits per heavy atom. The summed E-state index contributed by atoms with van der Waals surface area (Å²) in [5.74, 6) is 2.39. The SMILES string of the molecule is O=CC1=NN=C=C1. The number of aldehydes is 1. The van der Waals surface area contributed by atoms with E-state index in [9.17, 15) is 4.79 Å². The normalized spacial score (nSPS) is 14.6. The minimum atomic E-state index is 0.333. The van der Waals surface area contributed by atoms with E-state index in [0.29, 0.717) is 12.0 Å². The molecule has 7 heavy (non-hydrogen) atoms. The Kier molecular flexibility index (Phi) is 0.845. The number of carbonyl (C=O) groups is 1. The molecule has 0 saturated carbocycles. The Balaban J connectivity index is 2.81. The van der Waals surface area contributed by atoms with Gasteiger partial charge < -0.3 is 0 Å². The van der Waals surface area contributed by atoms with Crippen LogP contribution in [0.4, 0.5) is 0 Å². The van der Waals surface area contributed by atoms with Crippen LogP contribution in [-0.2, 0) is 4.79 Å². The van der Waals surface area contributed by atoms with Crippen molar-refractivity contribution in [3.63, 3.8) is 0 Å². The summed E-state index contributed by atoms with van der Waals surface area (Å²) < 4.78 is 0. The lowest BCUT2D eigenvalue weighted by molar-refractivity contribution is -0.102. The summed E-state index contributed by atoms with van der Waals surface area (Å²) in [5.41, 5.74) is 0.333. The van der Waals surface area contributed by atoms with E-state index in [1.54, 1.807) is 0 Å². The van der Waals surface area contributed by atoms with Gasteiger partial charge in [0, 0.05) is 11.9 Å². The van der Waals surface area contributed by atoms with Crippen molar-refractivity contribution < 1.29 is 4.79 Å². The van der Waals surface area contributed by atoms with E-state index >= 15 is 0 Å². The van der Waals surface area contributed by atoms with Gasteiger partial charge in [0.2, 0.25) is 0 Å². The third-order valence-corrected chi connectivity index (χ3v) is 0.556. The molecular weight excluding hydrogens is 92.1 g/mol. The lowest BCUT2D eigenvalue weighted by Gasteiger charge is -1.68. The second-order valence-corrected chi connectivity index (χ2v) is 1.02. The van der Waals surface area contributed by atoms with Gasteiger partial charge in [-0.05, 0) is 0 Å².